The zero-order valence-corrected chi connectivity index (χ0v) is 14.0. The Morgan fingerprint density at radius 3 is 2.88 bits per heavy atom. The topological polar surface area (TPSA) is 127 Å². The lowest BCUT2D eigenvalue weighted by Gasteiger charge is -2.20. The molecule has 1 atom stereocenters. The van der Waals surface area contributed by atoms with Crippen molar-refractivity contribution < 1.29 is 9.53 Å². The largest absolute Gasteiger partial charge is 0.493 e. The van der Waals surface area contributed by atoms with E-state index in [1.165, 1.54) is 0 Å². The number of hydrogen-bond donors (Lipinski definition) is 3. The highest BCUT2D eigenvalue weighted by molar-refractivity contribution is 5.72. The van der Waals surface area contributed by atoms with Gasteiger partial charge in [0.2, 0.25) is 0 Å². The number of H-pyrrole nitrogens is 1. The summed E-state index contributed by atoms with van der Waals surface area (Å²) in [6.45, 7) is 3.85. The number of anilines is 3. The number of benzene rings is 1. The Bertz CT molecular complexity index is 849. The van der Waals surface area contributed by atoms with Crippen LogP contribution in [-0.4, -0.2) is 36.0 Å². The summed E-state index contributed by atoms with van der Waals surface area (Å²) in [6.07, 6.45) is 1.85. The molecular formula is C17H21N5O3. The molecule has 1 aromatic carbocycles. The van der Waals surface area contributed by atoms with Crippen LogP contribution in [0.4, 0.5) is 17.2 Å². The predicted octanol–water partition coefficient (Wildman–Crippen LogP) is 1.03. The van der Waals surface area contributed by atoms with E-state index in [9.17, 15) is 9.59 Å². The fraction of sp³-hybridized carbons (Fsp3) is 0.353. The lowest BCUT2D eigenvalue weighted by atomic mass is 10.1. The van der Waals surface area contributed by atoms with Crippen molar-refractivity contribution in [3.05, 3.63) is 28.6 Å². The first kappa shape index (κ1) is 16.8. The second kappa shape index (κ2) is 6.84. The zero-order chi connectivity index (χ0) is 18.0. The van der Waals surface area contributed by atoms with Crippen molar-refractivity contribution in [1.82, 2.24) is 9.97 Å². The SMILES string of the molecule is CCOc1cc(N2CCC(C=O)C2)ccc1-c1nc(N)c(N)c(=O)[nH]1. The third kappa shape index (κ3) is 3.28. The minimum Gasteiger partial charge on any atom is -0.493 e. The van der Waals surface area contributed by atoms with Gasteiger partial charge in [0.25, 0.3) is 5.56 Å². The molecule has 0 amide bonds. The van der Waals surface area contributed by atoms with Crippen molar-refractivity contribution in [3.63, 3.8) is 0 Å². The summed E-state index contributed by atoms with van der Waals surface area (Å²) in [5.74, 6) is 0.935. The van der Waals surface area contributed by atoms with Crippen LogP contribution < -0.4 is 26.7 Å². The molecule has 2 aromatic rings. The highest BCUT2D eigenvalue weighted by Gasteiger charge is 2.23. The quantitative estimate of drug-likeness (QED) is 0.692. The van der Waals surface area contributed by atoms with Gasteiger partial charge >= 0.3 is 0 Å². The number of nitrogen functional groups attached to an aromatic ring is 2. The minimum atomic E-state index is -0.484. The first-order chi connectivity index (χ1) is 12.0. The summed E-state index contributed by atoms with van der Waals surface area (Å²) < 4.78 is 5.72. The summed E-state index contributed by atoms with van der Waals surface area (Å²) in [7, 11) is 0. The van der Waals surface area contributed by atoms with Crippen LogP contribution in [0, 0.1) is 5.92 Å². The number of nitrogens with two attached hydrogens (primary N) is 2. The molecule has 25 heavy (non-hydrogen) atoms. The number of nitrogens with zero attached hydrogens (tertiary/aromatic N) is 2. The molecule has 0 bridgehead atoms. The molecule has 0 saturated carbocycles. The van der Waals surface area contributed by atoms with Gasteiger partial charge in [-0.15, -0.1) is 0 Å². The van der Waals surface area contributed by atoms with Crippen LogP contribution in [-0.2, 0) is 4.79 Å². The first-order valence-corrected chi connectivity index (χ1v) is 8.16. The van der Waals surface area contributed by atoms with Crippen LogP contribution in [0.1, 0.15) is 13.3 Å². The van der Waals surface area contributed by atoms with Crippen molar-refractivity contribution in [3.8, 4) is 17.1 Å². The molecule has 5 N–H and O–H groups in total. The molecule has 1 aliphatic rings. The van der Waals surface area contributed by atoms with E-state index in [4.69, 9.17) is 16.2 Å². The van der Waals surface area contributed by atoms with E-state index in [0.717, 1.165) is 24.9 Å². The molecule has 1 fully saturated rings. The van der Waals surface area contributed by atoms with Gasteiger partial charge in [-0.1, -0.05) is 0 Å². The maximum absolute atomic E-state index is 11.9. The van der Waals surface area contributed by atoms with Gasteiger partial charge in [-0.05, 0) is 25.5 Å². The van der Waals surface area contributed by atoms with Crippen molar-refractivity contribution in [2.24, 2.45) is 5.92 Å². The summed E-state index contributed by atoms with van der Waals surface area (Å²) in [5.41, 5.74) is 12.3. The Kier molecular flexibility index (Phi) is 4.60. The highest BCUT2D eigenvalue weighted by atomic mass is 16.5. The minimum absolute atomic E-state index is 0.0151. The Morgan fingerprint density at radius 1 is 1.44 bits per heavy atom. The Morgan fingerprint density at radius 2 is 2.24 bits per heavy atom. The second-order valence-corrected chi connectivity index (χ2v) is 5.96. The molecule has 1 saturated heterocycles. The van der Waals surface area contributed by atoms with Crippen LogP contribution in [0.3, 0.4) is 0 Å². The monoisotopic (exact) mass is 343 g/mol. The lowest BCUT2D eigenvalue weighted by molar-refractivity contribution is -0.110. The number of carbonyl (C=O) groups excluding carboxylic acids is 1. The first-order valence-electron chi connectivity index (χ1n) is 8.16. The number of aromatic nitrogens is 2. The average Bonchev–Trinajstić information content (AvgIpc) is 3.09. The number of ether oxygens (including phenoxy) is 1. The van der Waals surface area contributed by atoms with Gasteiger partial charge in [0.05, 0.1) is 12.2 Å². The molecule has 0 radical (unpaired) electrons. The summed E-state index contributed by atoms with van der Waals surface area (Å²) >= 11 is 0. The maximum atomic E-state index is 11.9. The molecule has 132 valence electrons. The number of aldehydes is 1. The van der Waals surface area contributed by atoms with Crippen molar-refractivity contribution >= 4 is 23.5 Å². The fourth-order valence-corrected chi connectivity index (χ4v) is 2.94. The lowest BCUT2D eigenvalue weighted by Crippen LogP contribution is -2.20. The molecule has 8 nitrogen and oxygen atoms in total. The number of aromatic amines is 1. The van der Waals surface area contributed by atoms with E-state index in [1.807, 2.05) is 25.1 Å². The molecule has 3 rings (SSSR count). The van der Waals surface area contributed by atoms with Gasteiger partial charge in [0, 0.05) is 30.8 Å². The van der Waals surface area contributed by atoms with Gasteiger partial charge in [0.1, 0.15) is 23.5 Å². The van der Waals surface area contributed by atoms with Gasteiger partial charge in [-0.25, -0.2) is 4.98 Å². The van der Waals surface area contributed by atoms with E-state index in [1.54, 1.807) is 0 Å². The number of rotatable bonds is 5. The van der Waals surface area contributed by atoms with E-state index < -0.39 is 5.56 Å². The Balaban J connectivity index is 2.00. The van der Waals surface area contributed by atoms with Crippen LogP contribution >= 0.6 is 0 Å². The van der Waals surface area contributed by atoms with Crippen molar-refractivity contribution in [2.45, 2.75) is 13.3 Å². The van der Waals surface area contributed by atoms with Crippen LogP contribution in [0.15, 0.2) is 23.0 Å². The van der Waals surface area contributed by atoms with Crippen LogP contribution in [0.25, 0.3) is 11.4 Å². The molecule has 1 aromatic heterocycles. The standard InChI is InChI=1S/C17H21N5O3/c1-2-25-13-7-11(22-6-5-10(8-22)9-23)3-4-12(13)16-20-15(19)14(18)17(24)21-16/h3-4,7,9-10H,2,5-6,8,18H2,1H3,(H3,19,20,21,24). The third-order valence-corrected chi connectivity index (χ3v) is 4.29. The number of nitrogens with one attached hydrogen (secondary N) is 1. The van der Waals surface area contributed by atoms with E-state index in [2.05, 4.69) is 14.9 Å². The summed E-state index contributed by atoms with van der Waals surface area (Å²) in [6, 6.07) is 5.62. The molecule has 1 aliphatic heterocycles. The highest BCUT2D eigenvalue weighted by Crippen LogP contribution is 2.34. The third-order valence-electron chi connectivity index (χ3n) is 4.29. The van der Waals surface area contributed by atoms with Crippen LogP contribution in [0.5, 0.6) is 5.75 Å². The van der Waals surface area contributed by atoms with Gasteiger partial charge in [-0.3, -0.25) is 4.79 Å². The summed E-state index contributed by atoms with van der Waals surface area (Å²) in [4.78, 5) is 31.8. The molecular weight excluding hydrogens is 322 g/mol. The molecule has 0 spiro atoms. The normalized spacial score (nSPS) is 16.8. The number of carbonyl (C=O) groups is 1. The van der Waals surface area contributed by atoms with Gasteiger partial charge in [-0.2, -0.15) is 0 Å². The van der Waals surface area contributed by atoms with Crippen molar-refractivity contribution in [1.29, 1.82) is 0 Å². The molecule has 8 heteroatoms. The maximum Gasteiger partial charge on any atom is 0.276 e. The Hall–Kier alpha value is -3.03. The van der Waals surface area contributed by atoms with Gasteiger partial charge in [0.15, 0.2) is 5.82 Å². The predicted molar refractivity (Wildman–Crippen MR) is 96.7 cm³/mol. The van der Waals surface area contributed by atoms with E-state index >= 15 is 0 Å². The van der Waals surface area contributed by atoms with E-state index in [-0.39, 0.29) is 17.4 Å². The fourth-order valence-electron chi connectivity index (χ4n) is 2.94. The summed E-state index contributed by atoms with van der Waals surface area (Å²) in [5, 5.41) is 0. The molecule has 2 heterocycles. The molecule has 0 aliphatic carbocycles. The average molecular weight is 343 g/mol. The van der Waals surface area contributed by atoms with E-state index in [0.29, 0.717) is 30.3 Å². The van der Waals surface area contributed by atoms with Crippen LogP contribution in [0.2, 0.25) is 0 Å². The molecule has 1 unspecified atom stereocenters. The van der Waals surface area contributed by atoms with Crippen molar-refractivity contribution in [2.75, 3.05) is 36.1 Å². The number of hydrogen-bond acceptors (Lipinski definition) is 7. The smallest absolute Gasteiger partial charge is 0.276 e. The Labute approximate surface area is 144 Å². The van der Waals surface area contributed by atoms with Gasteiger partial charge < -0.3 is 30.9 Å². The zero-order valence-electron chi connectivity index (χ0n) is 14.0. The second-order valence-electron chi connectivity index (χ2n) is 5.96.